The fourth-order valence-corrected chi connectivity index (χ4v) is 2.75. The monoisotopic (exact) mass is 269 g/mol. The molecule has 0 aliphatic carbocycles. The predicted octanol–water partition coefficient (Wildman–Crippen LogP) is 3.62. The van der Waals surface area contributed by atoms with E-state index in [9.17, 15) is 4.79 Å². The van der Waals surface area contributed by atoms with Gasteiger partial charge in [-0.1, -0.05) is 33.1 Å². The van der Waals surface area contributed by atoms with Gasteiger partial charge in [0.05, 0.1) is 0 Å². The van der Waals surface area contributed by atoms with Gasteiger partial charge in [0, 0.05) is 24.4 Å². The normalized spacial score (nSPS) is 27.2. The van der Waals surface area contributed by atoms with E-state index in [0.717, 1.165) is 25.8 Å². The van der Waals surface area contributed by atoms with Gasteiger partial charge in [-0.3, -0.25) is 4.79 Å². The Morgan fingerprint density at radius 3 is 2.63 bits per heavy atom. The average molecular weight is 269 g/mol. The number of likely N-dealkylation sites (tertiary alicyclic amines) is 1. The summed E-state index contributed by atoms with van der Waals surface area (Å²) in [5.41, 5.74) is 0.103. The van der Waals surface area contributed by atoms with Gasteiger partial charge in [-0.05, 0) is 33.7 Å². The molecule has 0 amide bonds. The van der Waals surface area contributed by atoms with E-state index in [0.29, 0.717) is 12.3 Å². The van der Waals surface area contributed by atoms with Gasteiger partial charge in [-0.25, -0.2) is 0 Å². The average Bonchev–Trinajstić information content (AvgIpc) is 2.36. The van der Waals surface area contributed by atoms with Gasteiger partial charge in [0.2, 0.25) is 0 Å². The summed E-state index contributed by atoms with van der Waals surface area (Å²) in [4.78, 5) is 14.2. The van der Waals surface area contributed by atoms with Crippen LogP contribution in [0.5, 0.6) is 0 Å². The molecule has 1 heterocycles. The van der Waals surface area contributed by atoms with Gasteiger partial charge in [0.15, 0.2) is 0 Å². The van der Waals surface area contributed by atoms with Gasteiger partial charge < -0.3 is 9.64 Å². The smallest absolute Gasteiger partial charge is 0.306 e. The van der Waals surface area contributed by atoms with E-state index in [1.165, 1.54) is 12.8 Å². The molecule has 3 heteroatoms. The molecule has 2 unspecified atom stereocenters. The Morgan fingerprint density at radius 1 is 1.32 bits per heavy atom. The summed E-state index contributed by atoms with van der Waals surface area (Å²) in [6, 6.07) is 0. The van der Waals surface area contributed by atoms with Crippen LogP contribution in [0, 0.1) is 5.92 Å². The predicted molar refractivity (Wildman–Crippen MR) is 79.1 cm³/mol. The van der Waals surface area contributed by atoms with Crippen LogP contribution in [0.3, 0.4) is 0 Å². The fraction of sp³-hybridized carbons (Fsp3) is 0.938. The van der Waals surface area contributed by atoms with E-state index in [-0.39, 0.29) is 17.6 Å². The highest BCUT2D eigenvalue weighted by atomic mass is 16.5. The number of esters is 1. The molecule has 0 aromatic carbocycles. The zero-order valence-electron chi connectivity index (χ0n) is 13.4. The number of carbonyl (C=O) groups excluding carboxylic acids is 1. The minimum atomic E-state index is -0.00620. The first-order valence-electron chi connectivity index (χ1n) is 7.80. The minimum Gasteiger partial charge on any atom is -0.462 e. The highest BCUT2D eigenvalue weighted by molar-refractivity contribution is 5.69. The Hall–Kier alpha value is -0.570. The molecule has 0 aromatic heterocycles. The lowest BCUT2D eigenvalue weighted by atomic mass is 9.79. The van der Waals surface area contributed by atoms with E-state index in [1.807, 2.05) is 0 Å². The number of hydrogen-bond acceptors (Lipinski definition) is 3. The molecule has 19 heavy (non-hydrogen) atoms. The van der Waals surface area contributed by atoms with Crippen LogP contribution in [0.1, 0.15) is 66.2 Å². The highest BCUT2D eigenvalue weighted by Gasteiger charge is 2.41. The Bertz CT molecular complexity index is 288. The number of nitrogens with zero attached hydrogens (tertiary/aromatic N) is 1. The summed E-state index contributed by atoms with van der Waals surface area (Å²) in [6.07, 6.45) is 6.16. The molecular formula is C16H31NO2. The Morgan fingerprint density at radius 2 is 2.00 bits per heavy atom. The Kier molecular flexibility index (Phi) is 6.31. The molecular weight excluding hydrogens is 238 g/mol. The zero-order valence-corrected chi connectivity index (χ0v) is 13.4. The van der Waals surface area contributed by atoms with Gasteiger partial charge >= 0.3 is 5.97 Å². The largest absolute Gasteiger partial charge is 0.462 e. The highest BCUT2D eigenvalue weighted by Crippen LogP contribution is 2.33. The lowest BCUT2D eigenvalue weighted by Crippen LogP contribution is -2.56. The maximum absolute atomic E-state index is 11.9. The maximum atomic E-state index is 11.9. The number of rotatable bonds is 6. The van der Waals surface area contributed by atoms with Crippen LogP contribution in [0.15, 0.2) is 0 Å². The Balaban J connectivity index is 2.38. The number of unbranched alkanes of at least 4 members (excludes halogenated alkanes) is 3. The molecule has 0 spiro atoms. The van der Waals surface area contributed by atoms with Gasteiger partial charge in [-0.15, -0.1) is 0 Å². The molecule has 1 aliphatic rings. The molecule has 1 aliphatic heterocycles. The second kappa shape index (κ2) is 7.28. The van der Waals surface area contributed by atoms with Gasteiger partial charge in [-0.2, -0.15) is 0 Å². The van der Waals surface area contributed by atoms with Crippen molar-refractivity contribution in [3.8, 4) is 0 Å². The summed E-state index contributed by atoms with van der Waals surface area (Å²) in [5.74, 6) is 0.374. The van der Waals surface area contributed by atoms with Crippen LogP contribution < -0.4 is 0 Å². The lowest BCUT2D eigenvalue weighted by molar-refractivity contribution is -0.159. The third-order valence-corrected chi connectivity index (χ3v) is 4.92. The molecule has 112 valence electrons. The zero-order chi connectivity index (χ0) is 14.5. The third-order valence-electron chi connectivity index (χ3n) is 4.92. The quantitative estimate of drug-likeness (QED) is 0.545. The molecule has 2 atom stereocenters. The summed E-state index contributed by atoms with van der Waals surface area (Å²) < 4.78 is 5.70. The third kappa shape index (κ3) is 4.48. The van der Waals surface area contributed by atoms with E-state index in [2.05, 4.69) is 39.6 Å². The van der Waals surface area contributed by atoms with Crippen molar-refractivity contribution in [2.45, 2.75) is 77.9 Å². The number of carbonyl (C=O) groups is 1. The van der Waals surface area contributed by atoms with Crippen molar-refractivity contribution >= 4 is 5.97 Å². The standard InChI is InChI=1S/C16H31NO2/c1-6-7-8-9-10-15(18)19-14-11-12-17(5)16(3,4)13(14)2/h13-14H,6-12H2,1-5H3. The van der Waals surface area contributed by atoms with Crippen LogP contribution >= 0.6 is 0 Å². The molecule has 0 saturated carbocycles. The van der Waals surface area contributed by atoms with Crippen LogP contribution in [-0.2, 0) is 9.53 Å². The van der Waals surface area contributed by atoms with Crippen LogP contribution in [0.25, 0.3) is 0 Å². The minimum absolute atomic E-state index is 0.00620. The van der Waals surface area contributed by atoms with Crippen molar-refractivity contribution in [1.29, 1.82) is 0 Å². The number of hydrogen-bond donors (Lipinski definition) is 0. The fourth-order valence-electron chi connectivity index (χ4n) is 2.75. The Labute approximate surface area is 118 Å². The first-order valence-corrected chi connectivity index (χ1v) is 7.80. The van der Waals surface area contributed by atoms with Crippen molar-refractivity contribution in [1.82, 2.24) is 4.90 Å². The van der Waals surface area contributed by atoms with Gasteiger partial charge in [0.25, 0.3) is 0 Å². The van der Waals surface area contributed by atoms with Crippen molar-refractivity contribution in [2.75, 3.05) is 13.6 Å². The molecule has 3 nitrogen and oxygen atoms in total. The molecule has 1 saturated heterocycles. The van der Waals surface area contributed by atoms with E-state index in [4.69, 9.17) is 4.74 Å². The maximum Gasteiger partial charge on any atom is 0.306 e. The van der Waals surface area contributed by atoms with Crippen molar-refractivity contribution in [3.63, 3.8) is 0 Å². The molecule has 0 N–H and O–H groups in total. The summed E-state index contributed by atoms with van der Waals surface area (Å²) >= 11 is 0. The lowest BCUT2D eigenvalue weighted by Gasteiger charge is -2.48. The number of ether oxygens (including phenoxy) is 1. The summed E-state index contributed by atoms with van der Waals surface area (Å²) in [7, 11) is 2.15. The molecule has 1 fully saturated rings. The van der Waals surface area contributed by atoms with Crippen molar-refractivity contribution < 1.29 is 9.53 Å². The second-order valence-corrected chi connectivity index (χ2v) is 6.49. The van der Waals surface area contributed by atoms with E-state index < -0.39 is 0 Å². The number of piperidine rings is 1. The second-order valence-electron chi connectivity index (χ2n) is 6.49. The van der Waals surface area contributed by atoms with E-state index in [1.54, 1.807) is 0 Å². The topological polar surface area (TPSA) is 29.5 Å². The van der Waals surface area contributed by atoms with Crippen LogP contribution in [-0.4, -0.2) is 36.1 Å². The van der Waals surface area contributed by atoms with Crippen LogP contribution in [0.4, 0.5) is 0 Å². The summed E-state index contributed by atoms with van der Waals surface area (Å²) in [6.45, 7) is 9.86. The SMILES string of the molecule is CCCCCCC(=O)OC1CCN(C)C(C)(C)C1C. The van der Waals surface area contributed by atoms with Crippen molar-refractivity contribution in [2.24, 2.45) is 5.92 Å². The molecule has 0 radical (unpaired) electrons. The van der Waals surface area contributed by atoms with Crippen molar-refractivity contribution in [3.05, 3.63) is 0 Å². The first-order chi connectivity index (χ1) is 8.89. The van der Waals surface area contributed by atoms with E-state index >= 15 is 0 Å². The first kappa shape index (κ1) is 16.5. The van der Waals surface area contributed by atoms with Crippen LogP contribution in [0.2, 0.25) is 0 Å². The molecule has 0 aromatic rings. The molecule has 1 rings (SSSR count). The summed E-state index contributed by atoms with van der Waals surface area (Å²) in [5, 5.41) is 0. The van der Waals surface area contributed by atoms with Gasteiger partial charge in [0.1, 0.15) is 6.10 Å². The molecule has 0 bridgehead atoms.